The van der Waals surface area contributed by atoms with E-state index in [2.05, 4.69) is 20.4 Å². The van der Waals surface area contributed by atoms with Crippen LogP contribution in [0.5, 0.6) is 0 Å². The van der Waals surface area contributed by atoms with Crippen LogP contribution in [0.1, 0.15) is 12.3 Å². The quantitative estimate of drug-likeness (QED) is 0.741. The number of pyridine rings is 1. The second-order valence-electron chi connectivity index (χ2n) is 4.93. The monoisotopic (exact) mass is 362 g/mol. The zero-order valence-corrected chi connectivity index (χ0v) is 13.9. The second-order valence-corrected chi connectivity index (χ2v) is 5.74. The molecule has 3 rings (SSSR count). The van der Waals surface area contributed by atoms with Crippen LogP contribution in [0.4, 0.5) is 5.69 Å². The van der Waals surface area contributed by atoms with E-state index in [9.17, 15) is 4.79 Å². The lowest BCUT2D eigenvalue weighted by molar-refractivity contribution is -0.116. The van der Waals surface area contributed by atoms with Gasteiger partial charge in [-0.25, -0.2) is 0 Å². The minimum absolute atomic E-state index is 0.186. The van der Waals surface area contributed by atoms with Gasteiger partial charge in [-0.1, -0.05) is 28.4 Å². The number of aromatic nitrogens is 3. The van der Waals surface area contributed by atoms with Crippen molar-refractivity contribution in [3.05, 3.63) is 58.7 Å². The van der Waals surface area contributed by atoms with E-state index in [4.69, 9.17) is 27.7 Å². The van der Waals surface area contributed by atoms with Gasteiger partial charge >= 0.3 is 0 Å². The largest absolute Gasteiger partial charge is 0.339 e. The molecule has 0 aliphatic rings. The highest BCUT2D eigenvalue weighted by Gasteiger charge is 2.11. The maximum atomic E-state index is 12.0. The summed E-state index contributed by atoms with van der Waals surface area (Å²) in [6.45, 7) is 0. The highest BCUT2D eigenvalue weighted by molar-refractivity contribution is 6.42. The molecule has 24 heavy (non-hydrogen) atoms. The van der Waals surface area contributed by atoms with E-state index in [1.54, 1.807) is 36.7 Å². The lowest BCUT2D eigenvalue weighted by Crippen LogP contribution is -2.12. The Hall–Kier alpha value is -2.44. The van der Waals surface area contributed by atoms with Gasteiger partial charge in [0.1, 0.15) is 0 Å². The Morgan fingerprint density at radius 3 is 2.83 bits per heavy atom. The first-order chi connectivity index (χ1) is 11.6. The molecule has 0 saturated heterocycles. The summed E-state index contributed by atoms with van der Waals surface area (Å²) in [5.74, 6) is 0.649. The van der Waals surface area contributed by atoms with Crippen molar-refractivity contribution in [1.82, 2.24) is 15.1 Å². The maximum Gasteiger partial charge on any atom is 0.227 e. The zero-order valence-electron chi connectivity index (χ0n) is 12.4. The molecule has 0 saturated carbocycles. The maximum absolute atomic E-state index is 12.0. The summed E-state index contributed by atoms with van der Waals surface area (Å²) in [6, 6.07) is 8.51. The van der Waals surface area contributed by atoms with Gasteiger partial charge in [-0.15, -0.1) is 0 Å². The van der Waals surface area contributed by atoms with E-state index in [1.165, 1.54) is 0 Å². The summed E-state index contributed by atoms with van der Waals surface area (Å²) < 4.78 is 5.15. The predicted octanol–water partition coefficient (Wildman–Crippen LogP) is 4.01. The third-order valence-electron chi connectivity index (χ3n) is 3.16. The minimum Gasteiger partial charge on any atom is -0.339 e. The molecule has 2 heterocycles. The van der Waals surface area contributed by atoms with Crippen molar-refractivity contribution < 1.29 is 9.32 Å². The number of hydrogen-bond donors (Lipinski definition) is 1. The molecule has 8 heteroatoms. The van der Waals surface area contributed by atoms with Crippen molar-refractivity contribution in [1.29, 1.82) is 0 Å². The van der Waals surface area contributed by atoms with Gasteiger partial charge < -0.3 is 9.84 Å². The van der Waals surface area contributed by atoms with E-state index < -0.39 is 0 Å². The number of hydrogen-bond acceptors (Lipinski definition) is 5. The van der Waals surface area contributed by atoms with Crippen LogP contribution in [0, 0.1) is 0 Å². The van der Waals surface area contributed by atoms with E-state index in [0.717, 1.165) is 5.56 Å². The molecular formula is C16H12Cl2N4O2. The molecule has 2 aromatic heterocycles. The van der Waals surface area contributed by atoms with Gasteiger partial charge in [-0.2, -0.15) is 4.98 Å². The SMILES string of the molecule is O=C(CCc1nc(-c2cccnc2)no1)Nc1ccc(Cl)c(Cl)c1. The standard InChI is InChI=1S/C16H12Cl2N4O2/c17-12-4-3-11(8-13(12)18)20-14(23)5-6-15-21-16(22-24-15)10-2-1-7-19-9-10/h1-4,7-9H,5-6H2,(H,20,23). The van der Waals surface area contributed by atoms with Crippen molar-refractivity contribution >= 4 is 34.8 Å². The number of nitrogens with one attached hydrogen (secondary N) is 1. The molecule has 0 aliphatic heterocycles. The lowest BCUT2D eigenvalue weighted by Gasteiger charge is -2.05. The summed E-state index contributed by atoms with van der Waals surface area (Å²) in [5, 5.41) is 7.43. The first kappa shape index (κ1) is 16.4. The molecule has 0 bridgehead atoms. The molecule has 1 amide bonds. The molecule has 6 nitrogen and oxygen atoms in total. The molecule has 1 aromatic carbocycles. The van der Waals surface area contributed by atoms with Crippen molar-refractivity contribution in [2.24, 2.45) is 0 Å². The highest BCUT2D eigenvalue weighted by Crippen LogP contribution is 2.25. The topological polar surface area (TPSA) is 80.9 Å². The second kappa shape index (κ2) is 7.42. The van der Waals surface area contributed by atoms with Crippen LogP contribution in [0.3, 0.4) is 0 Å². The van der Waals surface area contributed by atoms with Gasteiger partial charge in [0.25, 0.3) is 0 Å². The van der Waals surface area contributed by atoms with E-state index in [0.29, 0.717) is 33.9 Å². The molecule has 0 radical (unpaired) electrons. The van der Waals surface area contributed by atoms with Gasteiger partial charge in [0.15, 0.2) is 0 Å². The molecule has 0 spiro atoms. The fourth-order valence-corrected chi connectivity index (χ4v) is 2.28. The number of carbonyl (C=O) groups is 1. The average molecular weight is 363 g/mol. The number of amides is 1. The van der Waals surface area contributed by atoms with E-state index >= 15 is 0 Å². The Balaban J connectivity index is 1.56. The van der Waals surface area contributed by atoms with Crippen molar-refractivity contribution in [3.8, 4) is 11.4 Å². The first-order valence-corrected chi connectivity index (χ1v) is 7.85. The van der Waals surface area contributed by atoms with Crippen molar-refractivity contribution in [2.45, 2.75) is 12.8 Å². The Morgan fingerprint density at radius 1 is 1.21 bits per heavy atom. The van der Waals surface area contributed by atoms with Gasteiger partial charge in [-0.3, -0.25) is 9.78 Å². The summed E-state index contributed by atoms with van der Waals surface area (Å²) in [7, 11) is 0. The normalized spacial score (nSPS) is 10.6. The number of rotatable bonds is 5. The summed E-state index contributed by atoms with van der Waals surface area (Å²) in [4.78, 5) is 20.2. The lowest BCUT2D eigenvalue weighted by atomic mass is 10.2. The van der Waals surface area contributed by atoms with Crippen LogP contribution in [-0.2, 0) is 11.2 Å². The van der Waals surface area contributed by atoms with Gasteiger partial charge in [-0.05, 0) is 30.3 Å². The number of aryl methyl sites for hydroxylation is 1. The summed E-state index contributed by atoms with van der Waals surface area (Å²) >= 11 is 11.7. The van der Waals surface area contributed by atoms with E-state index in [1.807, 2.05) is 6.07 Å². The number of benzene rings is 1. The fraction of sp³-hybridized carbons (Fsp3) is 0.125. The number of nitrogens with zero attached hydrogens (tertiary/aromatic N) is 3. The van der Waals surface area contributed by atoms with Gasteiger partial charge in [0.05, 0.1) is 10.0 Å². The smallest absolute Gasteiger partial charge is 0.227 e. The zero-order chi connectivity index (χ0) is 16.9. The number of carbonyl (C=O) groups excluding carboxylic acids is 1. The first-order valence-electron chi connectivity index (χ1n) is 7.10. The van der Waals surface area contributed by atoms with E-state index in [-0.39, 0.29) is 12.3 Å². The van der Waals surface area contributed by atoms with Crippen molar-refractivity contribution in [2.75, 3.05) is 5.32 Å². The van der Waals surface area contributed by atoms with Crippen LogP contribution in [-0.4, -0.2) is 21.0 Å². The number of anilines is 1. The Kier molecular flexibility index (Phi) is 5.08. The van der Waals surface area contributed by atoms with Crippen LogP contribution < -0.4 is 5.32 Å². The molecule has 1 N–H and O–H groups in total. The summed E-state index contributed by atoms with van der Waals surface area (Å²) in [6.07, 6.45) is 3.85. The molecule has 3 aromatic rings. The minimum atomic E-state index is -0.186. The molecule has 0 unspecified atom stereocenters. The molecular weight excluding hydrogens is 351 g/mol. The van der Waals surface area contributed by atoms with Crippen LogP contribution in [0.15, 0.2) is 47.2 Å². The molecule has 0 fully saturated rings. The van der Waals surface area contributed by atoms with Gasteiger partial charge in [0.2, 0.25) is 17.6 Å². The van der Waals surface area contributed by atoms with Crippen molar-refractivity contribution in [3.63, 3.8) is 0 Å². The molecule has 122 valence electrons. The average Bonchev–Trinajstić information content (AvgIpc) is 3.06. The Bertz CT molecular complexity index is 852. The Morgan fingerprint density at radius 2 is 2.08 bits per heavy atom. The predicted molar refractivity (Wildman–Crippen MR) is 90.9 cm³/mol. The Labute approximate surface area is 147 Å². The highest BCUT2D eigenvalue weighted by atomic mass is 35.5. The van der Waals surface area contributed by atoms with Gasteiger partial charge in [0, 0.05) is 36.5 Å². The number of halogens is 2. The van der Waals surface area contributed by atoms with Crippen LogP contribution >= 0.6 is 23.2 Å². The molecule has 0 aliphatic carbocycles. The third kappa shape index (κ3) is 4.10. The molecule has 0 atom stereocenters. The van der Waals surface area contributed by atoms with Crippen LogP contribution in [0.2, 0.25) is 10.0 Å². The fourth-order valence-electron chi connectivity index (χ4n) is 1.99. The van der Waals surface area contributed by atoms with Crippen LogP contribution in [0.25, 0.3) is 11.4 Å². The third-order valence-corrected chi connectivity index (χ3v) is 3.90. The summed E-state index contributed by atoms with van der Waals surface area (Å²) in [5.41, 5.74) is 1.34.